The van der Waals surface area contributed by atoms with E-state index in [4.69, 9.17) is 30.8 Å². The van der Waals surface area contributed by atoms with Crippen molar-refractivity contribution in [3.63, 3.8) is 0 Å². The van der Waals surface area contributed by atoms with E-state index >= 15 is 0 Å². The van der Waals surface area contributed by atoms with Gasteiger partial charge >= 0.3 is 0 Å². The molecule has 0 fully saturated rings. The molecule has 5 nitrogen and oxygen atoms in total. The Labute approximate surface area is 495 Å². The molecule has 0 atom stereocenters. The average Bonchev–Trinajstić information content (AvgIpc) is 1.10. The third kappa shape index (κ3) is 10.0. The van der Waals surface area contributed by atoms with Gasteiger partial charge in [-0.2, -0.15) is 0 Å². The monoisotopic (exact) mass is 1230 g/mol. The Hall–Kier alpha value is -7.41. The number of benzene rings is 9. The SMILES string of the molecule is CC(C)c1cc(-c2ccccc2)cc(C(C)C)c1-n1c(-c2[c-]ccc3c2oc2ccccc23)nc2ccccc21.[2H]C([2H])([2H])C([2H])(c1cccc(C([2H])(C([2H])([2H])[2H])C([2H])([2H])[2H])c1-n1c(-c2[c-]cc([Si](C)(C)C)c(-c3ccccc3)c2)nc2ccccc21)C([2H])([2H])[2H].[Ir]. The maximum Gasteiger partial charge on any atom is 0.120 e. The van der Waals surface area contributed by atoms with Crippen LogP contribution in [-0.2, 0) is 20.1 Å². The summed E-state index contributed by atoms with van der Waals surface area (Å²) in [5, 5.41) is 3.25. The van der Waals surface area contributed by atoms with Crippen LogP contribution in [0.15, 0.2) is 192 Å². The fourth-order valence-corrected chi connectivity index (χ4v) is 12.1. The Bertz CT molecular complexity index is 4580. The van der Waals surface area contributed by atoms with Crippen LogP contribution in [0.2, 0.25) is 19.6 Å². The number of aromatic nitrogens is 4. The van der Waals surface area contributed by atoms with Crippen LogP contribution >= 0.6 is 0 Å². The molecule has 3 aromatic heterocycles. The summed E-state index contributed by atoms with van der Waals surface area (Å²) in [6.45, 7) is 1.48. The molecule has 0 aliphatic rings. The van der Waals surface area contributed by atoms with E-state index in [-0.39, 0.29) is 31.4 Å². The first-order chi connectivity index (χ1) is 42.8. The Kier molecular flexibility index (Phi) is 11.1. The summed E-state index contributed by atoms with van der Waals surface area (Å²) in [7, 11) is -2.00. The molecule has 0 aliphatic heterocycles. The van der Waals surface area contributed by atoms with Crippen LogP contribution in [0.5, 0.6) is 0 Å². The summed E-state index contributed by atoms with van der Waals surface area (Å²) >= 11 is 0. The molecule has 0 bridgehead atoms. The molecule has 393 valence electrons. The number of furan rings is 1. The van der Waals surface area contributed by atoms with Crippen LogP contribution in [0.4, 0.5) is 0 Å². The minimum Gasteiger partial charge on any atom is -0.501 e. The van der Waals surface area contributed by atoms with Crippen LogP contribution in [0.3, 0.4) is 0 Å². The van der Waals surface area contributed by atoms with E-state index in [1.54, 1.807) is 24.3 Å². The average molecular weight is 1230 g/mol. The molecule has 0 aliphatic carbocycles. The third-order valence-electron chi connectivity index (χ3n) is 14.3. The van der Waals surface area contributed by atoms with Crippen molar-refractivity contribution in [2.75, 3.05) is 0 Å². The van der Waals surface area contributed by atoms with Gasteiger partial charge < -0.3 is 13.6 Å². The second-order valence-corrected chi connectivity index (χ2v) is 26.2. The molecule has 12 aromatic rings. The standard InChI is InChI=1S/C37H31N2O.C34H37N2Si.Ir/c1-23(2)30-21-26(25-13-6-5-7-14-25)22-31(24(3)4)35(30)39-33-19-10-9-18-32(33)38-37(39)29-17-12-16-28-27-15-8-11-20-34(27)40-36(28)29;1-23(2)27-16-13-17-28(24(3)4)33(27)36-31-19-12-11-18-30(31)35-34(36)26-20-21-32(37(5,6)7)29(22-26)25-14-9-8-10-15-25;/h5-16,18-24H,1-4H3;8-19,21-24H,1-7H3;/q2*-1;/i;1D3,2D3,3D3,4D3,23D,24D;. The van der Waals surface area contributed by atoms with Crippen LogP contribution in [0.1, 0.15) is 120 Å². The minimum atomic E-state index is -3.54. The zero-order chi connectivity index (χ0) is 65.5. The predicted octanol–water partition coefficient (Wildman–Crippen LogP) is 19.3. The van der Waals surface area contributed by atoms with E-state index < -0.39 is 64.1 Å². The number of rotatable bonds is 11. The van der Waals surface area contributed by atoms with E-state index in [2.05, 4.69) is 149 Å². The van der Waals surface area contributed by atoms with Gasteiger partial charge in [-0.15, -0.1) is 47.1 Å². The van der Waals surface area contributed by atoms with Gasteiger partial charge in [0.15, 0.2) is 0 Å². The van der Waals surface area contributed by atoms with Crippen molar-refractivity contribution in [3.05, 3.63) is 222 Å². The molecule has 3 heterocycles. The topological polar surface area (TPSA) is 48.8 Å². The zero-order valence-corrected chi connectivity index (χ0v) is 48.0. The molecule has 12 rings (SSSR count). The molecule has 9 aromatic carbocycles. The van der Waals surface area contributed by atoms with Gasteiger partial charge in [-0.1, -0.05) is 213 Å². The number of fused-ring (bicyclic) bond motifs is 5. The van der Waals surface area contributed by atoms with E-state index in [1.807, 2.05) is 60.7 Å². The normalized spacial score (nSPS) is 15.4. The molecule has 0 amide bonds. The van der Waals surface area contributed by atoms with Gasteiger partial charge in [0.25, 0.3) is 0 Å². The predicted molar refractivity (Wildman–Crippen MR) is 328 cm³/mol. The Morgan fingerprint density at radius 2 is 1.05 bits per heavy atom. The fourth-order valence-electron chi connectivity index (χ4n) is 10.6. The molecule has 0 N–H and O–H groups in total. The Morgan fingerprint density at radius 1 is 0.526 bits per heavy atom. The molecule has 78 heavy (non-hydrogen) atoms. The van der Waals surface area contributed by atoms with Gasteiger partial charge in [0.2, 0.25) is 0 Å². The van der Waals surface area contributed by atoms with Gasteiger partial charge in [-0.3, -0.25) is 9.97 Å². The molecule has 0 unspecified atom stereocenters. The molecule has 7 heteroatoms. The van der Waals surface area contributed by atoms with E-state index in [0.29, 0.717) is 22.9 Å². The summed E-state index contributed by atoms with van der Waals surface area (Å²) in [5.74, 6) is -5.34. The summed E-state index contributed by atoms with van der Waals surface area (Å²) in [4.78, 5) is 10.1. The van der Waals surface area contributed by atoms with Gasteiger partial charge in [-0.25, -0.2) is 0 Å². The largest absolute Gasteiger partial charge is 0.501 e. The third-order valence-corrected chi connectivity index (χ3v) is 16.3. The summed E-state index contributed by atoms with van der Waals surface area (Å²) in [6, 6.07) is 65.9. The van der Waals surface area contributed by atoms with E-state index in [0.717, 1.165) is 78.9 Å². The van der Waals surface area contributed by atoms with Crippen molar-refractivity contribution in [2.45, 2.75) is 98.4 Å². The van der Waals surface area contributed by atoms with Crippen molar-refractivity contribution in [2.24, 2.45) is 0 Å². The summed E-state index contributed by atoms with van der Waals surface area (Å²) < 4.78 is 129. The van der Waals surface area contributed by atoms with Crippen molar-refractivity contribution in [3.8, 4) is 56.4 Å². The van der Waals surface area contributed by atoms with Gasteiger partial charge in [-0.05, 0) is 105 Å². The number of hydrogen-bond acceptors (Lipinski definition) is 3. The van der Waals surface area contributed by atoms with Crippen LogP contribution < -0.4 is 5.19 Å². The number of para-hydroxylation sites is 6. The first-order valence-corrected chi connectivity index (χ1v) is 29.5. The van der Waals surface area contributed by atoms with Crippen molar-refractivity contribution in [1.29, 1.82) is 0 Å². The van der Waals surface area contributed by atoms with Crippen LogP contribution in [0, 0.1) is 12.1 Å². The maximum atomic E-state index is 9.24. The van der Waals surface area contributed by atoms with Gasteiger partial charge in [0, 0.05) is 64.1 Å². The summed E-state index contributed by atoms with van der Waals surface area (Å²) in [6.07, 6.45) is 0. The number of nitrogens with zero attached hydrogens (tertiary/aromatic N) is 4. The molecule has 0 spiro atoms. The molecule has 0 saturated carbocycles. The van der Waals surface area contributed by atoms with E-state index in [9.17, 15) is 2.74 Å². The number of imidazole rings is 2. The number of hydrogen-bond donors (Lipinski definition) is 0. The van der Waals surface area contributed by atoms with E-state index in [1.165, 1.54) is 32.5 Å². The minimum absolute atomic E-state index is 0. The zero-order valence-electron chi connectivity index (χ0n) is 58.6. The van der Waals surface area contributed by atoms with Crippen molar-refractivity contribution >= 4 is 57.3 Å². The molecule has 1 radical (unpaired) electrons. The van der Waals surface area contributed by atoms with Crippen molar-refractivity contribution < 1.29 is 43.7 Å². The molecular weight excluding hydrogens is 1150 g/mol. The quantitative estimate of drug-likeness (QED) is 0.0958. The molecular formula is C71H68IrN4OSi-2. The second-order valence-electron chi connectivity index (χ2n) is 21.1. The van der Waals surface area contributed by atoms with Crippen LogP contribution in [-0.4, -0.2) is 27.2 Å². The van der Waals surface area contributed by atoms with Gasteiger partial charge in [0.1, 0.15) is 5.58 Å². The van der Waals surface area contributed by atoms with Crippen molar-refractivity contribution in [1.82, 2.24) is 19.1 Å². The first kappa shape index (κ1) is 39.0. The maximum absolute atomic E-state index is 9.24. The smallest absolute Gasteiger partial charge is 0.120 e. The van der Waals surface area contributed by atoms with Gasteiger partial charge in [0.05, 0.1) is 39.3 Å². The summed E-state index contributed by atoms with van der Waals surface area (Å²) in [5.41, 5.74) is 11.5. The van der Waals surface area contributed by atoms with Crippen LogP contribution in [0.25, 0.3) is 100 Å². The second kappa shape index (κ2) is 22.1. The Balaban J connectivity index is 0.000000204. The Morgan fingerprint density at radius 3 is 1.64 bits per heavy atom. The molecule has 0 saturated heterocycles. The first-order valence-electron chi connectivity index (χ1n) is 33.0. The fraction of sp³-hybridized carbons (Fsp3) is 0.211.